The number of likely N-dealkylation sites (tertiary alicyclic amines) is 1. The smallest absolute Gasteiger partial charge is 0.356 e. The summed E-state index contributed by atoms with van der Waals surface area (Å²) in [6, 6.07) is -1.16. The van der Waals surface area contributed by atoms with E-state index in [2.05, 4.69) is 5.32 Å². The van der Waals surface area contributed by atoms with Crippen LogP contribution in [0.1, 0.15) is 32.6 Å². The lowest BCUT2D eigenvalue weighted by Gasteiger charge is -2.32. The van der Waals surface area contributed by atoms with Crippen molar-refractivity contribution in [1.29, 1.82) is 0 Å². The third-order valence-electron chi connectivity index (χ3n) is 3.74. The Kier molecular flexibility index (Phi) is 8.67. The summed E-state index contributed by atoms with van der Waals surface area (Å²) in [5.41, 5.74) is 0. The Morgan fingerprint density at radius 1 is 1.16 bits per heavy atom. The number of hydrogen-bond donors (Lipinski definition) is 3. The molecule has 0 bridgehead atoms. The van der Waals surface area contributed by atoms with Gasteiger partial charge in [-0.2, -0.15) is 13.2 Å². The first-order valence-electron chi connectivity index (χ1n) is 8.33. The first-order valence-corrected chi connectivity index (χ1v) is 8.33. The fourth-order valence-corrected chi connectivity index (χ4v) is 2.63. The van der Waals surface area contributed by atoms with Gasteiger partial charge in [-0.25, -0.2) is 4.79 Å². The van der Waals surface area contributed by atoms with Crippen molar-refractivity contribution < 1.29 is 27.6 Å². The summed E-state index contributed by atoms with van der Waals surface area (Å²) >= 11 is 0. The van der Waals surface area contributed by atoms with Crippen LogP contribution in [0.25, 0.3) is 0 Å². The molecule has 1 aliphatic rings. The highest BCUT2D eigenvalue weighted by atomic mass is 19.4. The molecular weight excluding hydrogens is 341 g/mol. The van der Waals surface area contributed by atoms with E-state index >= 15 is 0 Å². The number of nitrogens with zero attached hydrogens (tertiary/aromatic N) is 1. The van der Waals surface area contributed by atoms with Crippen LogP contribution in [0.5, 0.6) is 0 Å². The first-order chi connectivity index (χ1) is 11.7. The lowest BCUT2D eigenvalue weighted by atomic mass is 9.98. The van der Waals surface area contributed by atoms with Crippen molar-refractivity contribution in [1.82, 2.24) is 20.9 Å². The van der Waals surface area contributed by atoms with Crippen molar-refractivity contribution in [3.63, 3.8) is 0 Å². The highest BCUT2D eigenvalue weighted by Gasteiger charge is 2.28. The Morgan fingerprint density at radius 3 is 2.52 bits per heavy atom. The number of amides is 4. The van der Waals surface area contributed by atoms with Crippen LogP contribution in [0.3, 0.4) is 0 Å². The Balaban J connectivity index is 2.29. The molecule has 0 aromatic carbocycles. The van der Waals surface area contributed by atoms with Gasteiger partial charge in [-0.3, -0.25) is 19.8 Å². The zero-order valence-corrected chi connectivity index (χ0v) is 14.2. The zero-order chi connectivity index (χ0) is 18.9. The van der Waals surface area contributed by atoms with Crippen molar-refractivity contribution in [2.24, 2.45) is 5.92 Å². The number of carbonyl (C=O) groups is 3. The SMILES string of the molecule is CCCC(=O)NCC1CCCN(CC(=O)NC(=O)NCC(F)(F)F)C1. The van der Waals surface area contributed by atoms with Gasteiger partial charge in [-0.05, 0) is 31.7 Å². The van der Waals surface area contributed by atoms with Gasteiger partial charge in [0, 0.05) is 19.5 Å². The predicted octanol–water partition coefficient (Wildman–Crippen LogP) is 1.00. The van der Waals surface area contributed by atoms with Gasteiger partial charge in [0.2, 0.25) is 11.8 Å². The van der Waals surface area contributed by atoms with Crippen LogP contribution < -0.4 is 16.0 Å². The van der Waals surface area contributed by atoms with Crippen LogP contribution in [-0.4, -0.2) is 61.6 Å². The monoisotopic (exact) mass is 366 g/mol. The summed E-state index contributed by atoms with van der Waals surface area (Å²) in [4.78, 5) is 36.3. The molecule has 1 unspecified atom stereocenters. The molecule has 144 valence electrons. The van der Waals surface area contributed by atoms with Gasteiger partial charge in [0.15, 0.2) is 0 Å². The van der Waals surface area contributed by atoms with E-state index in [9.17, 15) is 27.6 Å². The minimum absolute atomic E-state index is 0.00120. The number of halogens is 3. The Hall–Kier alpha value is -1.84. The first kappa shape index (κ1) is 21.2. The molecule has 25 heavy (non-hydrogen) atoms. The van der Waals surface area contributed by atoms with Crippen molar-refractivity contribution in [2.45, 2.75) is 38.8 Å². The quantitative estimate of drug-likeness (QED) is 0.627. The zero-order valence-electron chi connectivity index (χ0n) is 14.2. The molecule has 4 amide bonds. The standard InChI is InChI=1S/C15H25F3N4O3/c1-2-4-12(23)19-7-11-5-3-6-22(8-11)9-13(24)21-14(25)20-10-15(16,17)18/h11H,2-10H2,1H3,(H,19,23)(H2,20,21,24,25). The number of imide groups is 1. The van der Waals surface area contributed by atoms with Crippen molar-refractivity contribution in [2.75, 3.05) is 32.7 Å². The van der Waals surface area contributed by atoms with Crippen LogP contribution in [0, 0.1) is 5.92 Å². The third-order valence-corrected chi connectivity index (χ3v) is 3.74. The molecule has 0 radical (unpaired) electrons. The summed E-state index contributed by atoms with van der Waals surface area (Å²) in [6.07, 6.45) is -1.49. The third kappa shape index (κ3) is 9.90. The Labute approximate surface area is 144 Å². The largest absolute Gasteiger partial charge is 0.405 e. The van der Waals surface area contributed by atoms with E-state index in [0.29, 0.717) is 26.1 Å². The molecule has 10 heteroatoms. The molecule has 7 nitrogen and oxygen atoms in total. The molecule has 1 aliphatic heterocycles. The molecule has 1 heterocycles. The molecule has 0 aliphatic carbocycles. The van der Waals surface area contributed by atoms with Gasteiger partial charge in [-0.1, -0.05) is 6.92 Å². The second-order valence-corrected chi connectivity index (χ2v) is 6.14. The van der Waals surface area contributed by atoms with E-state index in [1.165, 1.54) is 0 Å². The molecule has 0 spiro atoms. The van der Waals surface area contributed by atoms with Crippen LogP contribution in [0.4, 0.5) is 18.0 Å². The molecule has 1 atom stereocenters. The minimum atomic E-state index is -4.53. The van der Waals surface area contributed by atoms with Crippen LogP contribution in [0.15, 0.2) is 0 Å². The number of alkyl halides is 3. The van der Waals surface area contributed by atoms with Crippen LogP contribution in [-0.2, 0) is 9.59 Å². The van der Waals surface area contributed by atoms with Gasteiger partial charge in [0.25, 0.3) is 0 Å². The maximum Gasteiger partial charge on any atom is 0.405 e. The summed E-state index contributed by atoms with van der Waals surface area (Å²) in [7, 11) is 0. The number of hydrogen-bond acceptors (Lipinski definition) is 4. The number of urea groups is 1. The summed E-state index contributed by atoms with van der Waals surface area (Å²) in [5, 5.41) is 6.32. The molecule has 0 aromatic rings. The van der Waals surface area contributed by atoms with E-state index < -0.39 is 24.7 Å². The van der Waals surface area contributed by atoms with Crippen molar-refractivity contribution >= 4 is 17.8 Å². The lowest BCUT2D eigenvalue weighted by Crippen LogP contribution is -2.49. The fourth-order valence-electron chi connectivity index (χ4n) is 2.63. The van der Waals surface area contributed by atoms with E-state index in [-0.39, 0.29) is 18.4 Å². The minimum Gasteiger partial charge on any atom is -0.356 e. The summed E-state index contributed by atoms with van der Waals surface area (Å²) in [5.74, 6) is -0.449. The van der Waals surface area contributed by atoms with Gasteiger partial charge < -0.3 is 10.6 Å². The molecule has 0 saturated carbocycles. The second kappa shape index (κ2) is 10.2. The van der Waals surface area contributed by atoms with E-state index in [4.69, 9.17) is 0 Å². The van der Waals surface area contributed by atoms with E-state index in [1.54, 1.807) is 5.32 Å². The van der Waals surface area contributed by atoms with Crippen LogP contribution in [0.2, 0.25) is 0 Å². The molecule has 1 fully saturated rings. The van der Waals surface area contributed by atoms with Crippen molar-refractivity contribution in [3.05, 3.63) is 0 Å². The second-order valence-electron chi connectivity index (χ2n) is 6.14. The highest BCUT2D eigenvalue weighted by Crippen LogP contribution is 2.15. The molecule has 1 saturated heterocycles. The van der Waals surface area contributed by atoms with Gasteiger partial charge in [0.1, 0.15) is 6.54 Å². The van der Waals surface area contributed by atoms with Gasteiger partial charge in [0.05, 0.1) is 6.54 Å². The maximum absolute atomic E-state index is 12.0. The van der Waals surface area contributed by atoms with E-state index in [1.807, 2.05) is 17.1 Å². The topological polar surface area (TPSA) is 90.5 Å². The molecule has 0 aromatic heterocycles. The van der Waals surface area contributed by atoms with Crippen molar-refractivity contribution in [3.8, 4) is 0 Å². The average Bonchev–Trinajstić information content (AvgIpc) is 2.51. The molecular formula is C15H25F3N4O3. The average molecular weight is 366 g/mol. The fraction of sp³-hybridized carbons (Fsp3) is 0.800. The van der Waals surface area contributed by atoms with Crippen LogP contribution >= 0.6 is 0 Å². The number of carbonyl (C=O) groups excluding carboxylic acids is 3. The summed E-state index contributed by atoms with van der Waals surface area (Å²) < 4.78 is 35.9. The van der Waals surface area contributed by atoms with E-state index in [0.717, 1.165) is 19.3 Å². The Morgan fingerprint density at radius 2 is 1.88 bits per heavy atom. The molecule has 1 rings (SSSR count). The number of rotatable bonds is 7. The normalized spacial score (nSPS) is 18.5. The maximum atomic E-state index is 12.0. The Bertz CT molecular complexity index is 471. The lowest BCUT2D eigenvalue weighted by molar-refractivity contribution is -0.125. The number of nitrogens with one attached hydrogen (secondary N) is 3. The molecule has 3 N–H and O–H groups in total. The number of piperidine rings is 1. The predicted molar refractivity (Wildman–Crippen MR) is 84.7 cm³/mol. The summed E-state index contributed by atoms with van der Waals surface area (Å²) in [6.45, 7) is 2.14. The van der Waals surface area contributed by atoms with Gasteiger partial charge >= 0.3 is 12.2 Å². The van der Waals surface area contributed by atoms with Gasteiger partial charge in [-0.15, -0.1) is 0 Å². The highest BCUT2D eigenvalue weighted by molar-refractivity contribution is 5.95.